The van der Waals surface area contributed by atoms with E-state index in [1.807, 2.05) is 29.2 Å². The second kappa shape index (κ2) is 20.2. The number of thioether (sulfide) groups is 1. The van der Waals surface area contributed by atoms with Crippen LogP contribution in [0.25, 0.3) is 11.2 Å². The zero-order valence-corrected chi connectivity index (χ0v) is 36.7. The number of hydrogen-bond donors (Lipinski definition) is 3. The van der Waals surface area contributed by atoms with Gasteiger partial charge in [0, 0.05) is 29.4 Å². The molecule has 59 heavy (non-hydrogen) atoms. The minimum Gasteiger partial charge on any atom is -1.00 e. The predicted molar refractivity (Wildman–Crippen MR) is 216 cm³/mol. The minimum atomic E-state index is -1.03. The quantitative estimate of drug-likeness (QED) is 0.0328. The summed E-state index contributed by atoms with van der Waals surface area (Å²) in [5.41, 5.74) is 2.14. The number of imidazole rings is 1. The fraction of sp³-hybridized carbons (Fsp3) is 0.447. The van der Waals surface area contributed by atoms with Gasteiger partial charge in [-0.3, -0.25) is 19.8 Å². The third kappa shape index (κ3) is 10.9. The zero-order valence-electron chi connectivity index (χ0n) is 33.5. The van der Waals surface area contributed by atoms with E-state index in [4.69, 9.17) is 24.0 Å². The molecule has 316 valence electrons. The molecule has 0 radical (unpaired) electrons. The van der Waals surface area contributed by atoms with E-state index in [9.17, 15) is 19.2 Å². The Bertz CT molecular complexity index is 2210. The van der Waals surface area contributed by atoms with Crippen LogP contribution in [0.2, 0.25) is 0 Å². The standard InChI is InChI=1S/C38H46N10O8S2.BrH/c1-7-39-16-10-18-47-22-40-31-26(47)11-9-17-46(31)19-24-21-57-34-28(33(50)48(34)29(24)35(51)54-20-23-12-14-25(53-6)15-13-23)41-32(49)27(44-55-8-2)30-42-36(58-45-30)43-37(52)56-38(3,4)5;/h9,11-15,17,22,28,34,39H,7-8,10,16,18-21H2,1-6H3,(H-,41,42,43,45,49,52);1H/b44-27-;. The monoisotopic (exact) mass is 914 g/mol. The number of aryl methyl sites for hydroxylation is 1. The first-order valence-corrected chi connectivity index (χ1v) is 20.6. The highest BCUT2D eigenvalue weighted by atomic mass is 79.9. The van der Waals surface area contributed by atoms with Gasteiger partial charge in [0.1, 0.15) is 53.7 Å². The Hall–Kier alpha value is -5.12. The van der Waals surface area contributed by atoms with E-state index >= 15 is 0 Å². The number of carbonyl (C=O) groups excluding carboxylic acids is 4. The maximum absolute atomic E-state index is 14.0. The number of benzene rings is 1. The SMILES string of the molecule is CCNCCCn1cnc2c1ccc[n+]2CC1=C(C(=O)OCc2ccc(OC)cc2)N2C(=O)C(NC(=O)/C(=N\OCC)c3nsc(NC(=O)OC(C)(C)C)n3)C2SC1.[Br-]. The summed E-state index contributed by atoms with van der Waals surface area (Å²) >= 11 is 2.22. The van der Waals surface area contributed by atoms with Gasteiger partial charge >= 0.3 is 17.7 Å². The zero-order chi connectivity index (χ0) is 41.4. The molecule has 18 nitrogen and oxygen atoms in total. The molecule has 21 heteroatoms. The van der Waals surface area contributed by atoms with Crippen LogP contribution in [0.4, 0.5) is 9.93 Å². The highest BCUT2D eigenvalue weighted by Gasteiger charge is 2.55. The maximum Gasteiger partial charge on any atom is 0.414 e. The smallest absolute Gasteiger partial charge is 0.414 e. The fourth-order valence-corrected chi connectivity index (χ4v) is 8.05. The van der Waals surface area contributed by atoms with Crippen molar-refractivity contribution >= 4 is 69.2 Å². The van der Waals surface area contributed by atoms with Crippen molar-refractivity contribution in [3.05, 3.63) is 71.6 Å². The number of pyridine rings is 1. The van der Waals surface area contributed by atoms with E-state index in [2.05, 4.69) is 42.0 Å². The molecule has 3 aromatic heterocycles. The molecule has 1 saturated heterocycles. The molecule has 1 fully saturated rings. The number of carbonyl (C=O) groups is 4. The molecule has 2 aliphatic heterocycles. The molecule has 0 saturated carbocycles. The lowest BCUT2D eigenvalue weighted by molar-refractivity contribution is -0.664. The summed E-state index contributed by atoms with van der Waals surface area (Å²) in [7, 11) is 1.57. The molecule has 0 bridgehead atoms. The van der Waals surface area contributed by atoms with Gasteiger partial charge in [0.2, 0.25) is 23.0 Å². The summed E-state index contributed by atoms with van der Waals surface area (Å²) in [4.78, 5) is 69.6. The Morgan fingerprint density at radius 2 is 1.90 bits per heavy atom. The van der Waals surface area contributed by atoms with E-state index in [0.29, 0.717) is 17.1 Å². The third-order valence-corrected chi connectivity index (χ3v) is 10.8. The largest absolute Gasteiger partial charge is 1.00 e. The Balaban J connectivity index is 0.00000661. The van der Waals surface area contributed by atoms with Crippen LogP contribution in [-0.2, 0) is 48.4 Å². The second-order valence-corrected chi connectivity index (χ2v) is 16.0. The molecule has 1 aromatic carbocycles. The molecule has 3 N–H and O–H groups in total. The van der Waals surface area contributed by atoms with Gasteiger partial charge in [-0.25, -0.2) is 14.2 Å². The van der Waals surface area contributed by atoms with E-state index < -0.39 is 40.9 Å². The number of rotatable bonds is 17. The lowest BCUT2D eigenvalue weighted by Gasteiger charge is -2.49. The molecular formula is C38H47BrN10O8S2. The van der Waals surface area contributed by atoms with Crippen molar-refractivity contribution in [3.63, 3.8) is 0 Å². The molecule has 0 spiro atoms. The number of hydrogen-bond acceptors (Lipinski definition) is 15. The molecule has 2 atom stereocenters. The normalized spacial score (nSPS) is 16.5. The molecule has 6 rings (SSSR count). The van der Waals surface area contributed by atoms with Crippen LogP contribution >= 0.6 is 23.3 Å². The predicted octanol–water partition coefficient (Wildman–Crippen LogP) is 0.373. The molecule has 5 heterocycles. The van der Waals surface area contributed by atoms with Crippen molar-refractivity contribution in [3.8, 4) is 5.75 Å². The number of ether oxygens (including phenoxy) is 3. The first kappa shape index (κ1) is 45.0. The van der Waals surface area contributed by atoms with Gasteiger partial charge in [-0.1, -0.05) is 24.2 Å². The number of fused-ring (bicyclic) bond motifs is 2. The number of halogens is 1. The molecule has 3 amide bonds. The van der Waals surface area contributed by atoms with Crippen LogP contribution < -0.4 is 42.2 Å². The van der Waals surface area contributed by atoms with Crippen LogP contribution in [0.15, 0.2) is 65.3 Å². The van der Waals surface area contributed by atoms with Crippen molar-refractivity contribution in [2.24, 2.45) is 5.16 Å². The molecule has 0 aliphatic carbocycles. The number of nitrogens with zero attached hydrogens (tertiary/aromatic N) is 7. The first-order chi connectivity index (χ1) is 27.9. The number of methoxy groups -OCH3 is 1. The summed E-state index contributed by atoms with van der Waals surface area (Å²) in [6.07, 6.45) is 3.89. The Labute approximate surface area is 360 Å². The highest BCUT2D eigenvalue weighted by molar-refractivity contribution is 8.00. The van der Waals surface area contributed by atoms with E-state index in [-0.39, 0.29) is 59.1 Å². The average molecular weight is 916 g/mol. The van der Waals surface area contributed by atoms with Gasteiger partial charge in [-0.05, 0) is 82.0 Å². The van der Waals surface area contributed by atoms with Crippen LogP contribution in [0.5, 0.6) is 5.75 Å². The second-order valence-electron chi connectivity index (χ2n) is 14.1. The average Bonchev–Trinajstić information content (AvgIpc) is 3.84. The van der Waals surface area contributed by atoms with E-state index in [0.717, 1.165) is 54.3 Å². The molecule has 2 aliphatic rings. The molecule has 4 aromatic rings. The van der Waals surface area contributed by atoms with Crippen molar-refractivity contribution in [2.45, 2.75) is 77.8 Å². The van der Waals surface area contributed by atoms with Gasteiger partial charge in [-0.2, -0.15) is 9.36 Å². The van der Waals surface area contributed by atoms with Gasteiger partial charge in [0.05, 0.1) is 13.3 Å². The number of oxime groups is 1. The maximum atomic E-state index is 14.0. The number of amides is 3. The van der Waals surface area contributed by atoms with Crippen molar-refractivity contribution < 1.29 is 59.8 Å². The van der Waals surface area contributed by atoms with Crippen LogP contribution in [-0.4, -0.2) is 103 Å². The topological polar surface area (TPSA) is 204 Å². The number of anilines is 1. The minimum absolute atomic E-state index is 0. The molecular weight excluding hydrogens is 869 g/mol. The van der Waals surface area contributed by atoms with Gasteiger partial charge in [0.15, 0.2) is 0 Å². The van der Waals surface area contributed by atoms with Crippen molar-refractivity contribution in [1.29, 1.82) is 0 Å². The summed E-state index contributed by atoms with van der Waals surface area (Å²) < 4.78 is 24.6. The lowest BCUT2D eigenvalue weighted by Crippen LogP contribution is -3.00. The van der Waals surface area contributed by atoms with Crippen LogP contribution in [0.1, 0.15) is 52.4 Å². The number of β-lactam (4-membered cyclic amide) rings is 1. The highest BCUT2D eigenvalue weighted by Crippen LogP contribution is 2.41. The number of aromatic nitrogens is 5. The number of esters is 1. The van der Waals surface area contributed by atoms with Gasteiger partial charge in [-0.15, -0.1) is 11.8 Å². The van der Waals surface area contributed by atoms with Crippen molar-refractivity contribution in [1.82, 2.24) is 34.4 Å². The van der Waals surface area contributed by atoms with Crippen LogP contribution in [0, 0.1) is 0 Å². The Morgan fingerprint density at radius 1 is 1.12 bits per heavy atom. The summed E-state index contributed by atoms with van der Waals surface area (Å²) in [5, 5.41) is 11.9. The van der Waals surface area contributed by atoms with E-state index in [1.165, 1.54) is 16.7 Å². The summed E-state index contributed by atoms with van der Waals surface area (Å²) in [5.74, 6) is -1.08. The lowest BCUT2D eigenvalue weighted by atomic mass is 10.0. The van der Waals surface area contributed by atoms with Crippen molar-refractivity contribution in [2.75, 3.05) is 37.9 Å². The Kier molecular flexibility index (Phi) is 15.4. The fourth-order valence-electron chi connectivity index (χ4n) is 6.16. The van der Waals surface area contributed by atoms with Gasteiger partial charge in [0.25, 0.3) is 11.8 Å². The third-order valence-electron chi connectivity index (χ3n) is 8.82. The molecule has 2 unspecified atom stereocenters. The summed E-state index contributed by atoms with van der Waals surface area (Å²) in [6.45, 7) is 11.9. The van der Waals surface area contributed by atoms with Gasteiger partial charge < -0.3 is 51.2 Å². The van der Waals surface area contributed by atoms with E-state index in [1.54, 1.807) is 59.1 Å². The van der Waals surface area contributed by atoms with Crippen LogP contribution in [0.3, 0.4) is 0 Å². The number of nitrogens with one attached hydrogen (secondary N) is 3. The summed E-state index contributed by atoms with van der Waals surface area (Å²) in [6, 6.07) is 10.0. The Morgan fingerprint density at radius 3 is 2.61 bits per heavy atom. The first-order valence-electron chi connectivity index (χ1n) is 18.8.